The van der Waals surface area contributed by atoms with E-state index in [1.807, 2.05) is 17.2 Å². The van der Waals surface area contributed by atoms with E-state index in [9.17, 15) is 4.79 Å². The molecule has 0 bridgehead atoms. The molecule has 1 amide bonds. The van der Waals surface area contributed by atoms with E-state index in [1.54, 1.807) is 38.1 Å². The summed E-state index contributed by atoms with van der Waals surface area (Å²) in [4.78, 5) is 20.1. The minimum atomic E-state index is -0.0828. The second-order valence-corrected chi connectivity index (χ2v) is 7.93. The Hall–Kier alpha value is -3.00. The Labute approximate surface area is 179 Å². The molecule has 2 aromatic carbocycles. The molecule has 1 atom stereocenters. The van der Waals surface area contributed by atoms with Gasteiger partial charge in [0.1, 0.15) is 0 Å². The van der Waals surface area contributed by atoms with Gasteiger partial charge in [-0.25, -0.2) is 0 Å². The van der Waals surface area contributed by atoms with Crippen LogP contribution < -0.4 is 9.47 Å². The number of aromatic nitrogens is 2. The Morgan fingerprint density at radius 1 is 1.13 bits per heavy atom. The van der Waals surface area contributed by atoms with E-state index in [2.05, 4.69) is 34.4 Å². The fraction of sp³-hybridized carbons (Fsp3) is 0.318. The van der Waals surface area contributed by atoms with Crippen molar-refractivity contribution >= 4 is 17.7 Å². The Morgan fingerprint density at radius 3 is 2.60 bits per heavy atom. The summed E-state index contributed by atoms with van der Waals surface area (Å²) in [5.74, 6) is 2.18. The highest BCUT2D eigenvalue weighted by Gasteiger charge is 2.33. The molecule has 156 valence electrons. The zero-order chi connectivity index (χ0) is 21.1. The highest BCUT2D eigenvalue weighted by molar-refractivity contribution is 7.98. The average molecular weight is 426 g/mol. The zero-order valence-corrected chi connectivity index (χ0v) is 17.9. The third kappa shape index (κ3) is 4.14. The zero-order valence-electron chi connectivity index (χ0n) is 17.1. The third-order valence-electron chi connectivity index (χ3n) is 5.18. The van der Waals surface area contributed by atoms with Crippen LogP contribution in [0.5, 0.6) is 11.5 Å². The lowest BCUT2D eigenvalue weighted by molar-refractivity contribution is -0.128. The molecular formula is C22H23N3O4S. The summed E-state index contributed by atoms with van der Waals surface area (Å²) in [6, 6.07) is 13.7. The normalized spacial score (nSPS) is 16.2. The van der Waals surface area contributed by atoms with Crippen molar-refractivity contribution in [2.24, 2.45) is 0 Å². The summed E-state index contributed by atoms with van der Waals surface area (Å²) in [5, 5.41) is 4.13. The smallest absolute Gasteiger partial charge is 0.258 e. The van der Waals surface area contributed by atoms with Crippen LogP contribution in [0.25, 0.3) is 11.5 Å². The van der Waals surface area contributed by atoms with Gasteiger partial charge in [-0.15, -0.1) is 11.8 Å². The summed E-state index contributed by atoms with van der Waals surface area (Å²) >= 11 is 1.70. The van der Waals surface area contributed by atoms with Gasteiger partial charge in [0.25, 0.3) is 5.89 Å². The molecule has 0 N–H and O–H groups in total. The van der Waals surface area contributed by atoms with Crippen LogP contribution in [-0.4, -0.2) is 48.0 Å². The number of amides is 1. The predicted molar refractivity (Wildman–Crippen MR) is 114 cm³/mol. The minimum Gasteiger partial charge on any atom is -0.493 e. The topological polar surface area (TPSA) is 77.7 Å². The lowest BCUT2D eigenvalue weighted by atomic mass is 10.1. The monoisotopic (exact) mass is 425 g/mol. The number of likely N-dealkylation sites (tertiary alicyclic amines) is 1. The minimum absolute atomic E-state index is 0.0828. The first-order valence-corrected chi connectivity index (χ1v) is 10.8. The number of carbonyl (C=O) groups excluding carboxylic acids is 1. The average Bonchev–Trinajstić information content (AvgIpc) is 3.41. The molecule has 1 saturated heterocycles. The van der Waals surface area contributed by atoms with Crippen LogP contribution in [0.2, 0.25) is 0 Å². The molecule has 0 radical (unpaired) electrons. The van der Waals surface area contributed by atoms with Crippen LogP contribution in [0.15, 0.2) is 51.9 Å². The molecule has 2 heterocycles. The Morgan fingerprint density at radius 2 is 1.90 bits per heavy atom. The van der Waals surface area contributed by atoms with Gasteiger partial charge in [0.15, 0.2) is 17.3 Å². The third-order valence-corrected chi connectivity index (χ3v) is 5.93. The van der Waals surface area contributed by atoms with Crippen molar-refractivity contribution in [1.82, 2.24) is 15.0 Å². The Balaban J connectivity index is 1.46. The van der Waals surface area contributed by atoms with Crippen molar-refractivity contribution in [2.75, 3.05) is 27.0 Å². The van der Waals surface area contributed by atoms with E-state index in [0.29, 0.717) is 42.7 Å². The first-order chi connectivity index (χ1) is 14.6. The highest BCUT2D eigenvalue weighted by atomic mass is 32.2. The van der Waals surface area contributed by atoms with Gasteiger partial charge >= 0.3 is 0 Å². The molecule has 0 aliphatic carbocycles. The SMILES string of the molecule is COc1ccc(-c2nc(C3CC(=O)N(Cc4ccc(SC)cc4)C3)no2)cc1OC. The van der Waals surface area contributed by atoms with Crippen LogP contribution in [0, 0.1) is 0 Å². The molecule has 7 nitrogen and oxygen atoms in total. The summed E-state index contributed by atoms with van der Waals surface area (Å²) in [5.41, 5.74) is 1.85. The summed E-state index contributed by atoms with van der Waals surface area (Å²) in [6.45, 7) is 1.17. The van der Waals surface area contributed by atoms with Gasteiger partial charge < -0.3 is 18.9 Å². The molecule has 0 spiro atoms. The van der Waals surface area contributed by atoms with E-state index < -0.39 is 0 Å². The van der Waals surface area contributed by atoms with E-state index in [-0.39, 0.29) is 11.8 Å². The van der Waals surface area contributed by atoms with Crippen molar-refractivity contribution in [1.29, 1.82) is 0 Å². The number of nitrogens with zero attached hydrogens (tertiary/aromatic N) is 3. The Kier molecular flexibility index (Phi) is 5.94. The number of hydrogen-bond acceptors (Lipinski definition) is 7. The maximum Gasteiger partial charge on any atom is 0.258 e. The highest BCUT2D eigenvalue weighted by Crippen LogP contribution is 2.33. The number of methoxy groups -OCH3 is 2. The summed E-state index contributed by atoms with van der Waals surface area (Å²) < 4.78 is 16.1. The molecule has 1 fully saturated rings. The van der Waals surface area contributed by atoms with E-state index >= 15 is 0 Å². The van der Waals surface area contributed by atoms with Crippen molar-refractivity contribution in [3.63, 3.8) is 0 Å². The molecule has 1 aliphatic heterocycles. The predicted octanol–water partition coefficient (Wildman–Crippen LogP) is 3.99. The van der Waals surface area contributed by atoms with Crippen LogP contribution in [0.3, 0.4) is 0 Å². The number of hydrogen-bond donors (Lipinski definition) is 0. The standard InChI is InChI=1S/C22H23N3O4S/c1-27-18-9-6-15(10-19(18)28-2)22-23-21(24-29-22)16-11-20(26)25(13-16)12-14-4-7-17(30-3)8-5-14/h4-10,16H,11-13H2,1-3H3. The van der Waals surface area contributed by atoms with E-state index in [0.717, 1.165) is 11.1 Å². The van der Waals surface area contributed by atoms with Gasteiger partial charge in [-0.3, -0.25) is 4.79 Å². The molecule has 8 heteroatoms. The van der Waals surface area contributed by atoms with Crippen molar-refractivity contribution in [3.05, 3.63) is 53.9 Å². The van der Waals surface area contributed by atoms with Crippen LogP contribution in [0.4, 0.5) is 0 Å². The summed E-state index contributed by atoms with van der Waals surface area (Å²) in [7, 11) is 3.16. The van der Waals surface area contributed by atoms with Gasteiger partial charge in [-0.05, 0) is 42.2 Å². The quantitative estimate of drug-likeness (QED) is 0.530. The van der Waals surface area contributed by atoms with Crippen LogP contribution in [-0.2, 0) is 11.3 Å². The van der Waals surface area contributed by atoms with Gasteiger partial charge in [-0.1, -0.05) is 17.3 Å². The summed E-state index contributed by atoms with van der Waals surface area (Å²) in [6.07, 6.45) is 2.43. The maximum absolute atomic E-state index is 12.5. The van der Waals surface area contributed by atoms with Gasteiger partial charge in [0.2, 0.25) is 5.91 Å². The number of rotatable bonds is 7. The van der Waals surface area contributed by atoms with Crippen molar-refractivity contribution in [2.45, 2.75) is 23.8 Å². The van der Waals surface area contributed by atoms with Crippen LogP contribution >= 0.6 is 11.8 Å². The second kappa shape index (κ2) is 8.79. The molecule has 1 unspecified atom stereocenters. The molecule has 3 aromatic rings. The van der Waals surface area contributed by atoms with Gasteiger partial charge in [0, 0.05) is 35.9 Å². The number of thioether (sulfide) groups is 1. The maximum atomic E-state index is 12.5. The molecular weight excluding hydrogens is 402 g/mol. The molecule has 30 heavy (non-hydrogen) atoms. The van der Waals surface area contributed by atoms with Crippen molar-refractivity contribution < 1.29 is 18.8 Å². The molecule has 4 rings (SSSR count). The largest absolute Gasteiger partial charge is 0.493 e. The van der Waals surface area contributed by atoms with Gasteiger partial charge in [0.05, 0.1) is 14.2 Å². The van der Waals surface area contributed by atoms with Gasteiger partial charge in [-0.2, -0.15) is 4.98 Å². The lowest BCUT2D eigenvalue weighted by Gasteiger charge is -2.16. The Bertz CT molecular complexity index is 1040. The fourth-order valence-electron chi connectivity index (χ4n) is 3.54. The number of benzene rings is 2. The van der Waals surface area contributed by atoms with E-state index in [1.165, 1.54) is 4.90 Å². The molecule has 0 saturated carbocycles. The molecule has 1 aromatic heterocycles. The second-order valence-electron chi connectivity index (χ2n) is 7.05. The molecule has 1 aliphatic rings. The number of carbonyl (C=O) groups is 1. The van der Waals surface area contributed by atoms with Crippen LogP contribution in [0.1, 0.15) is 23.7 Å². The number of ether oxygens (including phenoxy) is 2. The lowest BCUT2D eigenvalue weighted by Crippen LogP contribution is -2.24. The fourth-order valence-corrected chi connectivity index (χ4v) is 3.94. The first kappa shape index (κ1) is 20.3. The first-order valence-electron chi connectivity index (χ1n) is 9.58. The van der Waals surface area contributed by atoms with E-state index in [4.69, 9.17) is 14.0 Å². The van der Waals surface area contributed by atoms with Crippen molar-refractivity contribution in [3.8, 4) is 23.0 Å².